The minimum Gasteiger partial charge on any atom is -0.467 e. The van der Waals surface area contributed by atoms with Crippen LogP contribution >= 0.6 is 0 Å². The van der Waals surface area contributed by atoms with Gasteiger partial charge < -0.3 is 20.4 Å². The van der Waals surface area contributed by atoms with Crippen molar-refractivity contribution in [3.8, 4) is 0 Å². The molecule has 0 aliphatic carbocycles. The van der Waals surface area contributed by atoms with Gasteiger partial charge in [-0.05, 0) is 36.8 Å². The van der Waals surface area contributed by atoms with Gasteiger partial charge in [-0.3, -0.25) is 19.3 Å². The van der Waals surface area contributed by atoms with Crippen LogP contribution in [0.5, 0.6) is 0 Å². The Kier molecular flexibility index (Phi) is 5.62. The van der Waals surface area contributed by atoms with Gasteiger partial charge in [-0.2, -0.15) is 0 Å². The van der Waals surface area contributed by atoms with Crippen LogP contribution in [0.4, 0.5) is 9.18 Å². The Morgan fingerprint density at radius 2 is 1.86 bits per heavy atom. The molecule has 29 heavy (non-hydrogen) atoms. The lowest BCUT2D eigenvalue weighted by molar-refractivity contribution is -0.135. The summed E-state index contributed by atoms with van der Waals surface area (Å²) in [5.41, 5.74) is -1.02. The first-order valence-electron chi connectivity index (χ1n) is 8.75. The number of nitrogens with zero attached hydrogens (tertiary/aromatic N) is 1. The summed E-state index contributed by atoms with van der Waals surface area (Å²) in [5.74, 6) is -1.69. The van der Waals surface area contributed by atoms with Crippen LogP contribution < -0.4 is 16.0 Å². The highest BCUT2D eigenvalue weighted by molar-refractivity contribution is 6.09. The number of nitrogens with one attached hydrogen (secondary N) is 3. The van der Waals surface area contributed by atoms with E-state index in [9.17, 15) is 23.6 Å². The summed E-state index contributed by atoms with van der Waals surface area (Å²) in [6, 6.07) is 7.75. The third-order valence-electron chi connectivity index (χ3n) is 4.48. The van der Waals surface area contributed by atoms with Gasteiger partial charge in [-0.1, -0.05) is 12.1 Å². The average molecular weight is 402 g/mol. The van der Waals surface area contributed by atoms with Crippen LogP contribution in [0.25, 0.3) is 0 Å². The Bertz CT molecular complexity index is 929. The number of furan rings is 1. The molecule has 9 nitrogen and oxygen atoms in total. The Morgan fingerprint density at radius 1 is 1.14 bits per heavy atom. The van der Waals surface area contributed by atoms with E-state index in [0.29, 0.717) is 11.3 Å². The molecule has 1 aromatic heterocycles. The smallest absolute Gasteiger partial charge is 0.325 e. The van der Waals surface area contributed by atoms with Crippen molar-refractivity contribution in [1.82, 2.24) is 20.9 Å². The lowest BCUT2D eigenvalue weighted by atomic mass is 9.92. The van der Waals surface area contributed by atoms with Crippen LogP contribution in [-0.4, -0.2) is 41.7 Å². The van der Waals surface area contributed by atoms with Crippen molar-refractivity contribution in [2.24, 2.45) is 0 Å². The third-order valence-corrected chi connectivity index (χ3v) is 4.48. The normalized spacial score (nSPS) is 18.5. The van der Waals surface area contributed by atoms with E-state index in [2.05, 4.69) is 16.0 Å². The molecule has 0 saturated carbocycles. The highest BCUT2D eigenvalue weighted by atomic mass is 19.1. The molecule has 3 N–H and O–H groups in total. The Labute approximate surface area is 165 Å². The van der Waals surface area contributed by atoms with Crippen LogP contribution in [0.15, 0.2) is 47.1 Å². The minimum absolute atomic E-state index is 0.171. The molecule has 1 fully saturated rings. The van der Waals surface area contributed by atoms with Gasteiger partial charge in [0.2, 0.25) is 11.8 Å². The molecule has 2 heterocycles. The molecular weight excluding hydrogens is 383 g/mol. The number of benzene rings is 1. The number of imide groups is 1. The first kappa shape index (κ1) is 20.1. The number of urea groups is 1. The van der Waals surface area contributed by atoms with Crippen molar-refractivity contribution in [3.63, 3.8) is 0 Å². The lowest BCUT2D eigenvalue weighted by Crippen LogP contribution is -2.45. The van der Waals surface area contributed by atoms with E-state index in [1.165, 1.54) is 37.5 Å². The molecule has 10 heteroatoms. The summed E-state index contributed by atoms with van der Waals surface area (Å²) >= 11 is 0. The quantitative estimate of drug-likeness (QED) is 0.587. The summed E-state index contributed by atoms with van der Waals surface area (Å²) in [6.45, 7) is 0.774. The summed E-state index contributed by atoms with van der Waals surface area (Å²) in [5, 5.41) is 7.42. The van der Waals surface area contributed by atoms with E-state index in [4.69, 9.17) is 4.42 Å². The Hall–Kier alpha value is -3.69. The number of hydrogen-bond donors (Lipinski definition) is 3. The molecule has 152 valence electrons. The maximum absolute atomic E-state index is 13.1. The lowest BCUT2D eigenvalue weighted by Gasteiger charge is -2.22. The van der Waals surface area contributed by atoms with Crippen molar-refractivity contribution < 1.29 is 28.0 Å². The van der Waals surface area contributed by atoms with Crippen molar-refractivity contribution >= 4 is 23.8 Å². The molecule has 1 atom stereocenters. The standard InChI is InChI=1S/C19H19FN4O5/c1-19(12-4-6-13(20)7-5-12)17(27)24(18(28)23-19)11-16(26)22-10-15(25)21-9-14-3-2-8-29-14/h2-8H,9-11H2,1H3,(H,21,25)(H,22,26)(H,23,28). The Morgan fingerprint density at radius 3 is 2.52 bits per heavy atom. The molecule has 1 unspecified atom stereocenters. The van der Waals surface area contributed by atoms with Crippen molar-refractivity contribution in [3.05, 3.63) is 59.8 Å². The van der Waals surface area contributed by atoms with Crippen LogP contribution in [0.3, 0.4) is 0 Å². The first-order chi connectivity index (χ1) is 13.8. The van der Waals surface area contributed by atoms with E-state index in [1.54, 1.807) is 12.1 Å². The molecule has 1 aromatic carbocycles. The van der Waals surface area contributed by atoms with E-state index in [-0.39, 0.29) is 13.1 Å². The van der Waals surface area contributed by atoms with Gasteiger partial charge in [0, 0.05) is 0 Å². The monoisotopic (exact) mass is 402 g/mol. The van der Waals surface area contributed by atoms with E-state index in [1.807, 2.05) is 0 Å². The van der Waals surface area contributed by atoms with E-state index >= 15 is 0 Å². The van der Waals surface area contributed by atoms with Crippen molar-refractivity contribution in [2.45, 2.75) is 19.0 Å². The molecular formula is C19H19FN4O5. The summed E-state index contributed by atoms with van der Waals surface area (Å²) in [4.78, 5) is 49.5. The highest BCUT2D eigenvalue weighted by Gasteiger charge is 2.49. The number of amides is 5. The van der Waals surface area contributed by atoms with Gasteiger partial charge in [-0.25, -0.2) is 9.18 Å². The number of hydrogen-bond acceptors (Lipinski definition) is 5. The van der Waals surface area contributed by atoms with Crippen LogP contribution in [0.2, 0.25) is 0 Å². The van der Waals surface area contributed by atoms with E-state index < -0.39 is 41.7 Å². The van der Waals surface area contributed by atoms with Crippen molar-refractivity contribution in [1.29, 1.82) is 0 Å². The fourth-order valence-electron chi connectivity index (χ4n) is 2.86. The average Bonchev–Trinajstić information content (AvgIpc) is 3.28. The molecule has 1 saturated heterocycles. The second-order valence-corrected chi connectivity index (χ2v) is 6.59. The van der Waals surface area contributed by atoms with Gasteiger partial charge in [0.15, 0.2) is 0 Å². The van der Waals surface area contributed by atoms with Crippen LogP contribution in [-0.2, 0) is 26.5 Å². The number of carbonyl (C=O) groups excluding carboxylic acids is 4. The predicted octanol–water partition coefficient (Wildman–Crippen LogP) is 0.618. The third kappa shape index (κ3) is 4.42. The highest BCUT2D eigenvalue weighted by Crippen LogP contribution is 2.28. The molecule has 1 aliphatic heterocycles. The number of rotatable bonds is 7. The molecule has 0 radical (unpaired) electrons. The zero-order valence-electron chi connectivity index (χ0n) is 15.5. The maximum Gasteiger partial charge on any atom is 0.325 e. The second kappa shape index (κ2) is 8.13. The first-order valence-corrected chi connectivity index (χ1v) is 8.75. The maximum atomic E-state index is 13.1. The van der Waals surface area contributed by atoms with Gasteiger partial charge in [0.1, 0.15) is 23.7 Å². The van der Waals surface area contributed by atoms with Gasteiger partial charge in [0.25, 0.3) is 5.91 Å². The van der Waals surface area contributed by atoms with Gasteiger partial charge in [-0.15, -0.1) is 0 Å². The van der Waals surface area contributed by atoms with Gasteiger partial charge >= 0.3 is 6.03 Å². The molecule has 0 bridgehead atoms. The molecule has 3 rings (SSSR count). The van der Waals surface area contributed by atoms with E-state index in [0.717, 1.165) is 4.90 Å². The molecule has 2 aromatic rings. The summed E-state index contributed by atoms with van der Waals surface area (Å²) in [7, 11) is 0. The SMILES string of the molecule is CC1(c2ccc(F)cc2)NC(=O)N(CC(=O)NCC(=O)NCc2ccco2)C1=O. The van der Waals surface area contributed by atoms with Gasteiger partial charge in [0.05, 0.1) is 19.4 Å². The van der Waals surface area contributed by atoms with Crippen LogP contribution in [0.1, 0.15) is 18.2 Å². The Balaban J connectivity index is 1.53. The summed E-state index contributed by atoms with van der Waals surface area (Å²) < 4.78 is 18.2. The molecule has 1 aliphatic rings. The topological polar surface area (TPSA) is 121 Å². The number of halogens is 1. The zero-order valence-corrected chi connectivity index (χ0v) is 15.5. The predicted molar refractivity (Wildman–Crippen MR) is 97.6 cm³/mol. The summed E-state index contributed by atoms with van der Waals surface area (Å²) in [6.07, 6.45) is 1.47. The van der Waals surface area contributed by atoms with Crippen molar-refractivity contribution in [2.75, 3.05) is 13.1 Å². The fourth-order valence-corrected chi connectivity index (χ4v) is 2.86. The number of carbonyl (C=O) groups is 4. The van der Waals surface area contributed by atoms with Crippen LogP contribution in [0, 0.1) is 5.82 Å². The largest absolute Gasteiger partial charge is 0.467 e. The zero-order chi connectivity index (χ0) is 21.0. The molecule has 5 amide bonds. The minimum atomic E-state index is -1.41. The molecule has 0 spiro atoms. The fraction of sp³-hybridized carbons (Fsp3) is 0.263. The second-order valence-electron chi connectivity index (χ2n) is 6.59.